The first-order chi connectivity index (χ1) is 8.28. The minimum absolute atomic E-state index is 0.297. The standard InChI is InChI=1S/C12H20BrN3O2/c1-9(13)7-15-10-8-16(6-5-14-10)11(17)18-12(2,3)4/h1,5-8H2,2-4H3,(H,14,15). The number of amides is 1. The van der Waals surface area contributed by atoms with Crippen LogP contribution in [0.4, 0.5) is 4.79 Å². The molecule has 5 nitrogen and oxygen atoms in total. The van der Waals surface area contributed by atoms with Crippen molar-refractivity contribution in [2.75, 3.05) is 26.2 Å². The van der Waals surface area contributed by atoms with Gasteiger partial charge in [0.25, 0.3) is 0 Å². The van der Waals surface area contributed by atoms with E-state index in [0.29, 0.717) is 26.2 Å². The van der Waals surface area contributed by atoms with Gasteiger partial charge in [0.2, 0.25) is 0 Å². The zero-order valence-electron chi connectivity index (χ0n) is 11.1. The fourth-order valence-electron chi connectivity index (χ4n) is 1.41. The molecule has 1 N–H and O–H groups in total. The topological polar surface area (TPSA) is 53.9 Å². The number of aliphatic imine (C=N–C) groups is 1. The van der Waals surface area contributed by atoms with Gasteiger partial charge in [0.1, 0.15) is 11.4 Å². The number of hydrogen-bond acceptors (Lipinski definition) is 4. The molecule has 1 rings (SSSR count). The van der Waals surface area contributed by atoms with E-state index in [9.17, 15) is 4.79 Å². The van der Waals surface area contributed by atoms with Gasteiger partial charge >= 0.3 is 6.09 Å². The van der Waals surface area contributed by atoms with Crippen molar-refractivity contribution in [3.8, 4) is 0 Å². The third-order valence-electron chi connectivity index (χ3n) is 2.15. The molecule has 0 aromatic carbocycles. The molecule has 0 aromatic heterocycles. The highest BCUT2D eigenvalue weighted by molar-refractivity contribution is 9.11. The molecule has 0 atom stereocenters. The van der Waals surface area contributed by atoms with Crippen LogP contribution in [0.25, 0.3) is 0 Å². The average Bonchev–Trinajstić information content (AvgIpc) is 2.24. The van der Waals surface area contributed by atoms with Crippen LogP contribution >= 0.6 is 15.9 Å². The molecule has 102 valence electrons. The molecule has 1 aliphatic rings. The Bertz CT molecular complexity index is 361. The van der Waals surface area contributed by atoms with Gasteiger partial charge in [-0.25, -0.2) is 4.79 Å². The molecule has 0 bridgehead atoms. The maximum atomic E-state index is 11.9. The second kappa shape index (κ2) is 6.22. The number of rotatable bonds is 2. The highest BCUT2D eigenvalue weighted by Gasteiger charge is 2.24. The van der Waals surface area contributed by atoms with Crippen molar-refractivity contribution in [2.45, 2.75) is 26.4 Å². The fourth-order valence-corrected chi connectivity index (χ4v) is 1.55. The number of amidine groups is 1. The molecule has 0 unspecified atom stereocenters. The average molecular weight is 318 g/mol. The van der Waals surface area contributed by atoms with Gasteiger partial charge in [-0.15, -0.1) is 0 Å². The summed E-state index contributed by atoms with van der Waals surface area (Å²) in [4.78, 5) is 17.9. The monoisotopic (exact) mass is 317 g/mol. The van der Waals surface area contributed by atoms with Gasteiger partial charge in [0, 0.05) is 17.6 Å². The van der Waals surface area contributed by atoms with E-state index < -0.39 is 5.60 Å². The number of hydrogen-bond donors (Lipinski definition) is 1. The first kappa shape index (κ1) is 15.0. The molecule has 0 saturated heterocycles. The van der Waals surface area contributed by atoms with E-state index in [1.54, 1.807) is 4.90 Å². The van der Waals surface area contributed by atoms with Gasteiger partial charge in [-0.2, -0.15) is 0 Å². The lowest BCUT2D eigenvalue weighted by Crippen LogP contribution is -2.47. The Labute approximate surface area is 116 Å². The number of nitrogens with one attached hydrogen (secondary N) is 1. The molecule has 1 heterocycles. The zero-order valence-corrected chi connectivity index (χ0v) is 12.7. The van der Waals surface area contributed by atoms with Crippen molar-refractivity contribution >= 4 is 27.9 Å². The van der Waals surface area contributed by atoms with Gasteiger partial charge in [-0.05, 0) is 20.8 Å². The van der Waals surface area contributed by atoms with Crippen LogP contribution in [-0.4, -0.2) is 48.6 Å². The van der Waals surface area contributed by atoms with E-state index >= 15 is 0 Å². The number of nitrogens with zero attached hydrogens (tertiary/aromatic N) is 2. The van der Waals surface area contributed by atoms with Crippen molar-refractivity contribution in [1.29, 1.82) is 0 Å². The van der Waals surface area contributed by atoms with Gasteiger partial charge in [0.05, 0.1) is 13.1 Å². The van der Waals surface area contributed by atoms with E-state index in [1.165, 1.54) is 0 Å². The van der Waals surface area contributed by atoms with E-state index in [2.05, 4.69) is 32.8 Å². The molecular formula is C12H20BrN3O2. The van der Waals surface area contributed by atoms with Crippen LogP contribution < -0.4 is 5.32 Å². The minimum atomic E-state index is -0.469. The number of carbonyl (C=O) groups excluding carboxylic acids is 1. The van der Waals surface area contributed by atoms with Crippen LogP contribution in [0.1, 0.15) is 20.8 Å². The lowest BCUT2D eigenvalue weighted by Gasteiger charge is -2.29. The molecule has 0 radical (unpaired) electrons. The number of ether oxygens (including phenoxy) is 1. The zero-order chi connectivity index (χ0) is 13.8. The van der Waals surface area contributed by atoms with E-state index in [-0.39, 0.29) is 6.09 Å². The van der Waals surface area contributed by atoms with Gasteiger partial charge < -0.3 is 10.1 Å². The summed E-state index contributed by atoms with van der Waals surface area (Å²) < 4.78 is 6.18. The summed E-state index contributed by atoms with van der Waals surface area (Å²) in [6.45, 7) is 11.5. The summed E-state index contributed by atoms with van der Waals surface area (Å²) in [5, 5.41) is 3.12. The van der Waals surface area contributed by atoms with Gasteiger partial charge in [-0.3, -0.25) is 9.89 Å². The largest absolute Gasteiger partial charge is 0.444 e. The Hall–Kier alpha value is -1.04. The number of halogens is 1. The molecule has 0 aliphatic carbocycles. The lowest BCUT2D eigenvalue weighted by molar-refractivity contribution is 0.0276. The second-order valence-electron chi connectivity index (χ2n) is 5.10. The smallest absolute Gasteiger partial charge is 0.410 e. The Balaban J connectivity index is 2.49. The first-order valence-corrected chi connectivity index (χ1v) is 6.65. The maximum absolute atomic E-state index is 11.9. The fraction of sp³-hybridized carbons (Fsp3) is 0.667. The van der Waals surface area contributed by atoms with Crippen LogP contribution in [-0.2, 0) is 4.74 Å². The van der Waals surface area contributed by atoms with Crippen molar-refractivity contribution in [2.24, 2.45) is 4.99 Å². The second-order valence-corrected chi connectivity index (χ2v) is 6.22. The minimum Gasteiger partial charge on any atom is -0.444 e. The maximum Gasteiger partial charge on any atom is 0.410 e. The van der Waals surface area contributed by atoms with Gasteiger partial charge in [0.15, 0.2) is 0 Å². The Kier molecular flexibility index (Phi) is 5.19. The van der Waals surface area contributed by atoms with Crippen LogP contribution in [0.5, 0.6) is 0 Å². The van der Waals surface area contributed by atoms with E-state index in [4.69, 9.17) is 4.74 Å². The molecule has 1 aliphatic heterocycles. The Morgan fingerprint density at radius 3 is 2.83 bits per heavy atom. The summed E-state index contributed by atoms with van der Waals surface area (Å²) in [5.41, 5.74) is -0.469. The van der Waals surface area contributed by atoms with Crippen LogP contribution in [0.3, 0.4) is 0 Å². The predicted octanol–water partition coefficient (Wildman–Crippen LogP) is 2.13. The number of carbonyl (C=O) groups is 1. The SMILES string of the molecule is C=C(Br)CNC1=NCCN(C(=O)OC(C)(C)C)C1. The van der Waals surface area contributed by atoms with Crippen molar-refractivity contribution in [3.05, 3.63) is 11.1 Å². The van der Waals surface area contributed by atoms with E-state index in [1.807, 2.05) is 20.8 Å². The van der Waals surface area contributed by atoms with Crippen LogP contribution in [0.2, 0.25) is 0 Å². The lowest BCUT2D eigenvalue weighted by atomic mass is 10.2. The first-order valence-electron chi connectivity index (χ1n) is 5.86. The Morgan fingerprint density at radius 2 is 2.28 bits per heavy atom. The van der Waals surface area contributed by atoms with Crippen molar-refractivity contribution in [3.63, 3.8) is 0 Å². The van der Waals surface area contributed by atoms with Crippen molar-refractivity contribution < 1.29 is 9.53 Å². The Morgan fingerprint density at radius 1 is 1.61 bits per heavy atom. The normalized spacial score (nSPS) is 16.0. The quantitative estimate of drug-likeness (QED) is 0.849. The van der Waals surface area contributed by atoms with Crippen LogP contribution in [0.15, 0.2) is 16.1 Å². The summed E-state index contributed by atoms with van der Waals surface area (Å²) >= 11 is 3.27. The highest BCUT2D eigenvalue weighted by Crippen LogP contribution is 2.11. The molecule has 1 amide bonds. The van der Waals surface area contributed by atoms with Crippen molar-refractivity contribution in [1.82, 2.24) is 10.2 Å². The molecule has 0 aromatic rings. The van der Waals surface area contributed by atoms with E-state index in [0.717, 1.165) is 10.3 Å². The summed E-state index contributed by atoms with van der Waals surface area (Å²) in [6, 6.07) is 0. The molecule has 0 fully saturated rings. The predicted molar refractivity (Wildman–Crippen MR) is 76.2 cm³/mol. The third kappa shape index (κ3) is 5.53. The summed E-state index contributed by atoms with van der Waals surface area (Å²) in [6.07, 6.45) is -0.297. The molecular weight excluding hydrogens is 298 g/mol. The summed E-state index contributed by atoms with van der Waals surface area (Å²) in [7, 11) is 0. The van der Waals surface area contributed by atoms with Crippen LogP contribution in [0, 0.1) is 0 Å². The summed E-state index contributed by atoms with van der Waals surface area (Å²) in [5.74, 6) is 0.785. The highest BCUT2D eigenvalue weighted by atomic mass is 79.9. The molecule has 0 spiro atoms. The third-order valence-corrected chi connectivity index (χ3v) is 2.43. The molecule has 0 saturated carbocycles. The molecule has 6 heteroatoms. The van der Waals surface area contributed by atoms with Gasteiger partial charge in [-0.1, -0.05) is 22.5 Å². The molecule has 18 heavy (non-hydrogen) atoms.